The van der Waals surface area contributed by atoms with Crippen molar-refractivity contribution in [2.24, 2.45) is 0 Å². The monoisotopic (exact) mass is 624 g/mol. The van der Waals surface area contributed by atoms with Crippen LogP contribution < -0.4 is 0 Å². The van der Waals surface area contributed by atoms with E-state index in [2.05, 4.69) is 31.9 Å². The van der Waals surface area contributed by atoms with Crippen LogP contribution >= 0.6 is 31.9 Å². The molecule has 0 atom stereocenters. The van der Waals surface area contributed by atoms with E-state index in [1.165, 1.54) is 6.92 Å². The van der Waals surface area contributed by atoms with Crippen molar-refractivity contribution in [3.8, 4) is 11.1 Å². The van der Waals surface area contributed by atoms with Crippen molar-refractivity contribution in [2.75, 3.05) is 0 Å². The van der Waals surface area contributed by atoms with Crippen molar-refractivity contribution in [1.82, 2.24) is 0 Å². The summed E-state index contributed by atoms with van der Waals surface area (Å²) in [6.45, 7) is 6.36. The molecule has 0 spiro atoms. The average molecular weight is 626 g/mol. The molecule has 0 saturated carbocycles. The summed E-state index contributed by atoms with van der Waals surface area (Å²) in [6.07, 6.45) is 0. The highest BCUT2D eigenvalue weighted by molar-refractivity contribution is 9.10. The van der Waals surface area contributed by atoms with Crippen LogP contribution in [0, 0.1) is 53.5 Å². The van der Waals surface area contributed by atoms with Crippen molar-refractivity contribution in [1.29, 1.82) is 0 Å². The van der Waals surface area contributed by atoms with Gasteiger partial charge in [0.1, 0.15) is 0 Å². The van der Waals surface area contributed by atoms with E-state index in [1.807, 2.05) is 0 Å². The molecule has 0 saturated heterocycles. The van der Waals surface area contributed by atoms with Crippen molar-refractivity contribution >= 4 is 53.4 Å². The molecule has 0 radical (unpaired) electrons. The topological polar surface area (TPSA) is 0 Å². The lowest BCUT2D eigenvalue weighted by Gasteiger charge is -2.28. The molecule has 0 amide bonds. The van der Waals surface area contributed by atoms with Gasteiger partial charge >= 0.3 is 0 Å². The third kappa shape index (κ3) is 3.66. The van der Waals surface area contributed by atoms with Crippen LogP contribution in [-0.2, 0) is 5.41 Å². The van der Waals surface area contributed by atoms with Gasteiger partial charge in [0.15, 0.2) is 46.5 Å². The molecule has 0 fully saturated rings. The predicted molar refractivity (Wildman–Crippen MR) is 125 cm³/mol. The highest BCUT2D eigenvalue weighted by atomic mass is 79.9. The normalized spacial score (nSPS) is 12.3. The molecular formula is C25H14Br2F8. The summed E-state index contributed by atoms with van der Waals surface area (Å²) >= 11 is 6.41. The Balaban J connectivity index is 2.48. The van der Waals surface area contributed by atoms with Crippen LogP contribution in [0.2, 0.25) is 0 Å². The van der Waals surface area contributed by atoms with Gasteiger partial charge in [-0.15, -0.1) is 0 Å². The Morgan fingerprint density at radius 3 is 1.34 bits per heavy atom. The summed E-state index contributed by atoms with van der Waals surface area (Å²) < 4.78 is 117. The van der Waals surface area contributed by atoms with Gasteiger partial charge in [-0.25, -0.2) is 35.1 Å². The zero-order chi connectivity index (χ0) is 26.3. The Morgan fingerprint density at radius 1 is 0.543 bits per heavy atom. The summed E-state index contributed by atoms with van der Waals surface area (Å²) in [4.78, 5) is 0. The molecule has 0 aliphatic carbocycles. The number of benzene rings is 4. The van der Waals surface area contributed by atoms with E-state index in [9.17, 15) is 26.3 Å². The lowest BCUT2D eigenvalue weighted by molar-refractivity contribution is 0.417. The van der Waals surface area contributed by atoms with Gasteiger partial charge in [-0.1, -0.05) is 52.6 Å². The van der Waals surface area contributed by atoms with Gasteiger partial charge in [0.05, 0.1) is 0 Å². The molecule has 0 heterocycles. The number of hydrogen-bond donors (Lipinski definition) is 0. The zero-order valence-corrected chi connectivity index (χ0v) is 21.6. The minimum Gasteiger partial charge on any atom is -0.203 e. The number of rotatable bonds is 1. The SMILES string of the molecule is Cc1c(Br)cc2c(F)c(F)c(F)c(F)c2c1-c1c(C(C)(C)C)c(Br)cc2c(F)c(F)c(F)c(F)c12. The summed E-state index contributed by atoms with van der Waals surface area (Å²) in [7, 11) is 0. The molecule has 0 aliphatic heterocycles. The van der Waals surface area contributed by atoms with Gasteiger partial charge in [0.2, 0.25) is 0 Å². The first-order valence-corrected chi connectivity index (χ1v) is 11.6. The Kier molecular flexibility index (Phi) is 6.24. The van der Waals surface area contributed by atoms with Crippen LogP contribution in [0.4, 0.5) is 35.1 Å². The second kappa shape index (κ2) is 8.44. The summed E-state index contributed by atoms with van der Waals surface area (Å²) in [5, 5.41) is -2.91. The largest absolute Gasteiger partial charge is 0.203 e. The molecule has 4 aromatic carbocycles. The minimum absolute atomic E-state index is 0.0979. The van der Waals surface area contributed by atoms with Gasteiger partial charge in [-0.2, -0.15) is 0 Å². The molecule has 184 valence electrons. The van der Waals surface area contributed by atoms with Crippen molar-refractivity contribution in [3.63, 3.8) is 0 Å². The molecule has 0 N–H and O–H groups in total. The van der Waals surface area contributed by atoms with Crippen molar-refractivity contribution < 1.29 is 35.1 Å². The molecule has 0 nitrogen and oxygen atoms in total. The molecule has 0 unspecified atom stereocenters. The summed E-state index contributed by atoms with van der Waals surface area (Å²) in [5.74, 6) is -15.3. The van der Waals surface area contributed by atoms with Gasteiger partial charge in [0, 0.05) is 30.5 Å². The van der Waals surface area contributed by atoms with Gasteiger partial charge in [-0.3, -0.25) is 0 Å². The zero-order valence-electron chi connectivity index (χ0n) is 18.4. The average Bonchev–Trinajstić information content (AvgIpc) is 2.78. The second-order valence-corrected chi connectivity index (χ2v) is 10.8. The van der Waals surface area contributed by atoms with E-state index in [0.717, 1.165) is 12.1 Å². The molecular weight excluding hydrogens is 612 g/mol. The standard InChI is InChI=1S/C25H14Br2F8/c1-7-10(26)5-8-13(19(30)23(34)21(32)17(8)28)12(7)15-14-9(6-11(27)16(15)25(2,3)4)18(29)22(33)24(35)20(14)31/h5-6H,1-4H3. The van der Waals surface area contributed by atoms with Crippen LogP contribution in [0.3, 0.4) is 0 Å². The Hall–Kier alpha value is -2.20. The quantitative estimate of drug-likeness (QED) is 0.112. The van der Waals surface area contributed by atoms with E-state index >= 15 is 8.78 Å². The Labute approximate surface area is 211 Å². The van der Waals surface area contributed by atoms with Crippen molar-refractivity contribution in [2.45, 2.75) is 33.1 Å². The Morgan fingerprint density at radius 2 is 0.914 bits per heavy atom. The smallest absolute Gasteiger partial charge is 0.198 e. The maximum absolute atomic E-state index is 15.3. The van der Waals surface area contributed by atoms with Gasteiger partial charge in [-0.05, 0) is 46.7 Å². The van der Waals surface area contributed by atoms with Crippen LogP contribution in [0.5, 0.6) is 0 Å². The maximum Gasteiger partial charge on any atom is 0.198 e. The van der Waals surface area contributed by atoms with E-state index in [4.69, 9.17) is 0 Å². The van der Waals surface area contributed by atoms with Gasteiger partial charge < -0.3 is 0 Å². The summed E-state index contributed by atoms with van der Waals surface area (Å²) in [6, 6.07) is 2.07. The molecule has 0 aliphatic rings. The molecule has 35 heavy (non-hydrogen) atoms. The first-order valence-electron chi connectivity index (χ1n) is 10.0. The molecule has 10 heteroatoms. The molecule has 0 bridgehead atoms. The predicted octanol–water partition coefficient (Wildman–Crippen LogP) is 9.90. The third-order valence-electron chi connectivity index (χ3n) is 5.87. The minimum atomic E-state index is -2.11. The highest BCUT2D eigenvalue weighted by Gasteiger charge is 2.33. The van der Waals surface area contributed by atoms with E-state index in [0.29, 0.717) is 0 Å². The number of fused-ring (bicyclic) bond motifs is 2. The molecule has 0 aromatic heterocycles. The maximum atomic E-state index is 15.3. The number of hydrogen-bond acceptors (Lipinski definition) is 0. The van der Waals surface area contributed by atoms with Gasteiger partial charge in [0.25, 0.3) is 0 Å². The fourth-order valence-electron chi connectivity index (χ4n) is 4.34. The van der Waals surface area contributed by atoms with Crippen LogP contribution in [0.15, 0.2) is 21.1 Å². The van der Waals surface area contributed by atoms with Crippen LogP contribution in [-0.4, -0.2) is 0 Å². The fourth-order valence-corrected chi connectivity index (χ4v) is 5.79. The Bertz CT molecular complexity index is 1590. The van der Waals surface area contributed by atoms with E-state index in [-0.39, 0.29) is 31.2 Å². The first kappa shape index (κ1) is 25.9. The summed E-state index contributed by atoms with van der Waals surface area (Å²) in [5.41, 5.74) is -1.31. The molecule has 4 rings (SSSR count). The van der Waals surface area contributed by atoms with E-state index < -0.39 is 73.5 Å². The molecule has 4 aromatic rings. The van der Waals surface area contributed by atoms with Crippen LogP contribution in [0.1, 0.15) is 31.9 Å². The second-order valence-electron chi connectivity index (χ2n) is 9.07. The lowest BCUT2D eigenvalue weighted by atomic mass is 9.77. The first-order chi connectivity index (χ1) is 16.1. The third-order valence-corrected chi connectivity index (χ3v) is 7.32. The van der Waals surface area contributed by atoms with Crippen LogP contribution in [0.25, 0.3) is 32.7 Å². The lowest BCUT2D eigenvalue weighted by Crippen LogP contribution is -2.16. The van der Waals surface area contributed by atoms with Crippen molar-refractivity contribution in [3.05, 3.63) is 78.7 Å². The number of halogens is 10. The fraction of sp³-hybridized carbons (Fsp3) is 0.200. The van der Waals surface area contributed by atoms with E-state index in [1.54, 1.807) is 20.8 Å². The highest BCUT2D eigenvalue weighted by Crippen LogP contribution is 2.50.